The van der Waals surface area contributed by atoms with Crippen LogP contribution in [0.3, 0.4) is 0 Å². The Morgan fingerprint density at radius 1 is 0.891 bits per heavy atom. The zero-order chi connectivity index (χ0) is 32.6. The van der Waals surface area contributed by atoms with Gasteiger partial charge in [-0.2, -0.15) is 0 Å². The smallest absolute Gasteiger partial charge is 0.344 e. The van der Waals surface area contributed by atoms with E-state index in [1.807, 2.05) is 61.5 Å². The summed E-state index contributed by atoms with van der Waals surface area (Å²) in [5, 5.41) is 0. The number of hydrogen-bond donors (Lipinski definition) is 0. The van der Waals surface area contributed by atoms with Crippen LogP contribution < -0.4 is 29.1 Å². The Morgan fingerprint density at radius 3 is 2.30 bits per heavy atom. The molecular weight excluding hydrogens is 608 g/mol. The molecule has 0 aliphatic carbocycles. The summed E-state index contributed by atoms with van der Waals surface area (Å²) in [4.78, 5) is 45.3. The Bertz CT molecular complexity index is 1930. The van der Waals surface area contributed by atoms with Gasteiger partial charge in [0.15, 0.2) is 22.9 Å². The molecule has 0 fully saturated rings. The molecule has 1 aliphatic heterocycles. The predicted octanol–water partition coefficient (Wildman–Crippen LogP) is 4.28. The number of nitrogens with zero attached hydrogens (tertiary/aromatic N) is 2. The standard InChI is InChI=1S/C35H34N2O8S/c1-5-42-25-18-16-23(17-19-25)31-29(34(40)44-7-3)30(22-12-9-8-10-13-22)36-35-37(31)33(39)27(46-35)20-24-14-11-15-26(41-4)32(24)45-21-28(38)43-6-2/h8-20,31H,5-7,21H2,1-4H3/b27-20-/t31-/m1/s1. The lowest BCUT2D eigenvalue weighted by Gasteiger charge is -2.26. The lowest BCUT2D eigenvalue weighted by atomic mass is 9.93. The first kappa shape index (κ1) is 32.2. The summed E-state index contributed by atoms with van der Waals surface area (Å²) in [6, 6.07) is 21.0. The van der Waals surface area contributed by atoms with Gasteiger partial charge in [0.1, 0.15) is 5.75 Å². The van der Waals surface area contributed by atoms with Crippen molar-refractivity contribution in [2.24, 2.45) is 4.99 Å². The predicted molar refractivity (Wildman–Crippen MR) is 174 cm³/mol. The first-order chi connectivity index (χ1) is 22.4. The van der Waals surface area contributed by atoms with Gasteiger partial charge in [0.2, 0.25) is 0 Å². The first-order valence-corrected chi connectivity index (χ1v) is 15.7. The van der Waals surface area contributed by atoms with Gasteiger partial charge >= 0.3 is 11.9 Å². The van der Waals surface area contributed by atoms with E-state index in [2.05, 4.69) is 0 Å². The topological polar surface area (TPSA) is 115 Å². The highest BCUT2D eigenvalue weighted by atomic mass is 32.1. The highest BCUT2D eigenvalue weighted by Crippen LogP contribution is 2.36. The number of carbonyl (C=O) groups excluding carboxylic acids is 2. The Kier molecular flexibility index (Phi) is 10.3. The number of ether oxygens (including phenoxy) is 5. The summed E-state index contributed by atoms with van der Waals surface area (Å²) in [6.07, 6.45) is 1.67. The maximum absolute atomic E-state index is 14.3. The number of thiazole rings is 1. The van der Waals surface area contributed by atoms with E-state index in [0.29, 0.717) is 49.8 Å². The second-order valence-electron chi connectivity index (χ2n) is 9.91. The van der Waals surface area contributed by atoms with E-state index in [0.717, 1.165) is 0 Å². The Morgan fingerprint density at radius 2 is 1.63 bits per heavy atom. The summed E-state index contributed by atoms with van der Waals surface area (Å²) in [7, 11) is 1.49. The van der Waals surface area contributed by atoms with Crippen LogP contribution >= 0.6 is 11.3 Å². The van der Waals surface area contributed by atoms with Crippen molar-refractivity contribution in [3.05, 3.63) is 115 Å². The molecule has 4 aromatic rings. The Balaban J connectivity index is 1.74. The molecule has 0 unspecified atom stereocenters. The molecule has 0 amide bonds. The Hall–Kier alpha value is -5.16. The fourth-order valence-corrected chi connectivity index (χ4v) is 6.10. The molecule has 2 heterocycles. The van der Waals surface area contributed by atoms with Crippen molar-refractivity contribution in [3.63, 3.8) is 0 Å². The van der Waals surface area contributed by atoms with E-state index < -0.39 is 18.0 Å². The normalized spacial score (nSPS) is 14.3. The highest BCUT2D eigenvalue weighted by molar-refractivity contribution is 7.07. The average Bonchev–Trinajstić information content (AvgIpc) is 3.38. The van der Waals surface area contributed by atoms with Gasteiger partial charge in [-0.25, -0.2) is 14.6 Å². The van der Waals surface area contributed by atoms with E-state index >= 15 is 0 Å². The van der Waals surface area contributed by atoms with Crippen molar-refractivity contribution in [1.29, 1.82) is 0 Å². The van der Waals surface area contributed by atoms with E-state index in [4.69, 9.17) is 28.7 Å². The molecule has 46 heavy (non-hydrogen) atoms. The van der Waals surface area contributed by atoms with Crippen LogP contribution in [0.2, 0.25) is 0 Å². The van der Waals surface area contributed by atoms with Crippen molar-refractivity contribution in [3.8, 4) is 17.2 Å². The molecule has 1 aromatic heterocycles. The largest absolute Gasteiger partial charge is 0.494 e. The van der Waals surface area contributed by atoms with E-state index in [9.17, 15) is 14.4 Å². The van der Waals surface area contributed by atoms with Crippen molar-refractivity contribution in [2.45, 2.75) is 26.8 Å². The molecule has 11 heteroatoms. The molecule has 0 N–H and O–H groups in total. The van der Waals surface area contributed by atoms with Gasteiger partial charge in [0.25, 0.3) is 5.56 Å². The summed E-state index contributed by atoms with van der Waals surface area (Å²) in [5.41, 5.74) is 2.21. The fraction of sp³-hybridized carbons (Fsp3) is 0.257. The van der Waals surface area contributed by atoms with Gasteiger partial charge in [0, 0.05) is 11.1 Å². The number of aromatic nitrogens is 1. The molecule has 10 nitrogen and oxygen atoms in total. The van der Waals surface area contributed by atoms with Crippen molar-refractivity contribution < 1.29 is 33.3 Å². The van der Waals surface area contributed by atoms with Crippen LogP contribution in [0.25, 0.3) is 11.8 Å². The van der Waals surface area contributed by atoms with Crippen LogP contribution in [0.1, 0.15) is 43.5 Å². The second kappa shape index (κ2) is 14.7. The van der Waals surface area contributed by atoms with Crippen LogP contribution in [0, 0.1) is 0 Å². The lowest BCUT2D eigenvalue weighted by Crippen LogP contribution is -2.40. The van der Waals surface area contributed by atoms with Crippen molar-refractivity contribution in [2.75, 3.05) is 33.5 Å². The minimum atomic E-state index is -0.840. The molecule has 0 saturated heterocycles. The van der Waals surface area contributed by atoms with E-state index in [-0.39, 0.29) is 36.7 Å². The number of carbonyl (C=O) groups is 2. The molecule has 0 bridgehead atoms. The molecule has 238 valence electrons. The SMILES string of the molecule is CCOC(=O)COc1c(/C=c2\sc3n(c2=O)[C@H](c2ccc(OCC)cc2)C(C(=O)OCC)=C(c2ccccc2)N=3)cccc1OC. The Labute approximate surface area is 269 Å². The molecule has 0 spiro atoms. The van der Waals surface area contributed by atoms with Gasteiger partial charge in [-0.3, -0.25) is 9.36 Å². The number of methoxy groups -OCH3 is 1. The van der Waals surface area contributed by atoms with Crippen molar-refractivity contribution in [1.82, 2.24) is 4.57 Å². The van der Waals surface area contributed by atoms with E-state index in [1.165, 1.54) is 23.0 Å². The summed E-state index contributed by atoms with van der Waals surface area (Å²) >= 11 is 1.18. The van der Waals surface area contributed by atoms with E-state index in [1.54, 1.807) is 38.1 Å². The molecule has 0 saturated carbocycles. The summed E-state index contributed by atoms with van der Waals surface area (Å²) in [5.74, 6) is 0.227. The maximum atomic E-state index is 14.3. The number of fused-ring (bicyclic) bond motifs is 1. The summed E-state index contributed by atoms with van der Waals surface area (Å²) < 4.78 is 29.4. The zero-order valence-electron chi connectivity index (χ0n) is 26.0. The monoisotopic (exact) mass is 642 g/mol. The van der Waals surface area contributed by atoms with Crippen molar-refractivity contribution >= 4 is 35.0 Å². The molecular formula is C35H34N2O8S. The van der Waals surface area contributed by atoms with Gasteiger partial charge in [-0.05, 0) is 50.6 Å². The molecule has 1 aliphatic rings. The molecule has 0 radical (unpaired) electrons. The van der Waals surface area contributed by atoms with Crippen LogP contribution in [-0.4, -0.2) is 50.0 Å². The third-order valence-corrected chi connectivity index (χ3v) is 8.02. The van der Waals surface area contributed by atoms with Gasteiger partial charge in [-0.1, -0.05) is 65.9 Å². The third kappa shape index (κ3) is 6.74. The molecule has 5 rings (SSSR count). The maximum Gasteiger partial charge on any atom is 0.344 e. The third-order valence-electron chi connectivity index (χ3n) is 7.04. The number of benzene rings is 3. The van der Waals surface area contributed by atoms with Crippen LogP contribution in [0.5, 0.6) is 17.2 Å². The minimum Gasteiger partial charge on any atom is -0.494 e. The second-order valence-corrected chi connectivity index (χ2v) is 10.9. The average molecular weight is 643 g/mol. The number of para-hydroxylation sites is 1. The van der Waals surface area contributed by atoms with Gasteiger partial charge in [-0.15, -0.1) is 0 Å². The summed E-state index contributed by atoms with van der Waals surface area (Å²) in [6.45, 7) is 5.87. The lowest BCUT2D eigenvalue weighted by molar-refractivity contribution is -0.145. The highest BCUT2D eigenvalue weighted by Gasteiger charge is 2.35. The van der Waals surface area contributed by atoms with Crippen LogP contribution in [0.4, 0.5) is 0 Å². The van der Waals surface area contributed by atoms with Gasteiger partial charge in [0.05, 0.1) is 48.8 Å². The quantitative estimate of drug-likeness (QED) is 0.211. The fourth-order valence-electron chi connectivity index (χ4n) is 5.11. The van der Waals surface area contributed by atoms with Crippen LogP contribution in [0.15, 0.2) is 88.2 Å². The molecule has 1 atom stereocenters. The zero-order valence-corrected chi connectivity index (χ0v) is 26.8. The van der Waals surface area contributed by atoms with Crippen LogP contribution in [-0.2, 0) is 19.1 Å². The minimum absolute atomic E-state index is 0.148. The number of rotatable bonds is 12. The molecule has 3 aromatic carbocycles. The van der Waals surface area contributed by atoms with Gasteiger partial charge < -0.3 is 23.7 Å². The number of esters is 2. The number of hydrogen-bond acceptors (Lipinski definition) is 10. The first-order valence-electron chi connectivity index (χ1n) is 14.9.